The molecule has 26 heavy (non-hydrogen) atoms. The molecule has 0 radical (unpaired) electrons. The molecule has 0 bridgehead atoms. The summed E-state index contributed by atoms with van der Waals surface area (Å²) in [5.41, 5.74) is 2.12. The van der Waals surface area contributed by atoms with E-state index >= 15 is 0 Å². The summed E-state index contributed by atoms with van der Waals surface area (Å²) < 4.78 is 0. The summed E-state index contributed by atoms with van der Waals surface area (Å²) >= 11 is 1.64. The fourth-order valence-electron chi connectivity index (χ4n) is 2.81. The predicted molar refractivity (Wildman–Crippen MR) is 102 cm³/mol. The van der Waals surface area contributed by atoms with Crippen LogP contribution in [-0.4, -0.2) is 52.3 Å². The largest absolute Gasteiger partial charge is 0.345 e. The molecule has 1 fully saturated rings. The van der Waals surface area contributed by atoms with Crippen LogP contribution in [-0.2, 0) is 0 Å². The zero-order valence-corrected chi connectivity index (χ0v) is 14.9. The fourth-order valence-corrected chi connectivity index (χ4v) is 3.70. The minimum Gasteiger partial charge on any atom is -0.345 e. The molecule has 0 unspecified atom stereocenters. The van der Waals surface area contributed by atoms with Gasteiger partial charge in [0.25, 0.3) is 0 Å². The van der Waals surface area contributed by atoms with Gasteiger partial charge in [-0.2, -0.15) is 5.10 Å². The van der Waals surface area contributed by atoms with E-state index in [1.165, 1.54) is 0 Å². The van der Waals surface area contributed by atoms with Crippen molar-refractivity contribution in [3.05, 3.63) is 54.0 Å². The molecule has 7 nitrogen and oxygen atoms in total. The molecule has 1 aromatic carbocycles. The summed E-state index contributed by atoms with van der Waals surface area (Å²) in [5.74, 6) is 0.465. The zero-order valence-electron chi connectivity index (χ0n) is 14.1. The first-order chi connectivity index (χ1) is 12.8. The van der Waals surface area contributed by atoms with Gasteiger partial charge in [-0.3, -0.25) is 5.32 Å². The van der Waals surface area contributed by atoms with E-state index in [0.717, 1.165) is 29.5 Å². The van der Waals surface area contributed by atoms with Gasteiger partial charge in [-0.25, -0.2) is 9.78 Å². The van der Waals surface area contributed by atoms with Gasteiger partial charge in [-0.15, -0.1) is 16.4 Å². The SMILES string of the molecule is O=C(Nc1cccnn1)N1CCN(c2nc(-c3ccccc3)cs2)CC1. The molecule has 132 valence electrons. The summed E-state index contributed by atoms with van der Waals surface area (Å²) in [5, 5.41) is 13.5. The maximum Gasteiger partial charge on any atom is 0.323 e. The summed E-state index contributed by atoms with van der Waals surface area (Å²) in [4.78, 5) is 21.1. The van der Waals surface area contributed by atoms with Crippen molar-refractivity contribution in [2.24, 2.45) is 0 Å². The molecule has 0 saturated carbocycles. The van der Waals surface area contributed by atoms with Crippen molar-refractivity contribution < 1.29 is 4.79 Å². The number of benzene rings is 1. The van der Waals surface area contributed by atoms with E-state index < -0.39 is 0 Å². The number of nitrogens with one attached hydrogen (secondary N) is 1. The molecular weight excluding hydrogens is 348 g/mol. The van der Waals surface area contributed by atoms with Gasteiger partial charge in [0.05, 0.1) is 5.69 Å². The second-order valence-corrected chi connectivity index (χ2v) is 6.73. The van der Waals surface area contributed by atoms with Crippen LogP contribution in [0.2, 0.25) is 0 Å². The lowest BCUT2D eigenvalue weighted by Gasteiger charge is -2.34. The Balaban J connectivity index is 1.35. The van der Waals surface area contributed by atoms with Crippen LogP contribution < -0.4 is 10.2 Å². The predicted octanol–water partition coefficient (Wildman–Crippen LogP) is 2.95. The molecule has 3 aromatic rings. The van der Waals surface area contributed by atoms with Gasteiger partial charge < -0.3 is 9.80 Å². The second-order valence-electron chi connectivity index (χ2n) is 5.89. The standard InChI is InChI=1S/C18H18N6OS/c25-17(21-16-7-4-8-19-22-16)23-9-11-24(12-10-23)18-20-15(13-26-18)14-5-2-1-3-6-14/h1-8,13H,9-12H2,(H,21,22,25). The lowest BCUT2D eigenvalue weighted by molar-refractivity contribution is 0.208. The van der Waals surface area contributed by atoms with Crippen molar-refractivity contribution in [3.63, 3.8) is 0 Å². The van der Waals surface area contributed by atoms with Gasteiger partial charge in [0.2, 0.25) is 0 Å². The van der Waals surface area contributed by atoms with Crippen molar-refractivity contribution in [1.29, 1.82) is 0 Å². The first kappa shape index (κ1) is 16.5. The molecule has 4 rings (SSSR count). The fraction of sp³-hybridized carbons (Fsp3) is 0.222. The Morgan fingerprint density at radius 1 is 1.04 bits per heavy atom. The summed E-state index contributed by atoms with van der Waals surface area (Å²) in [7, 11) is 0. The highest BCUT2D eigenvalue weighted by molar-refractivity contribution is 7.14. The summed E-state index contributed by atoms with van der Waals surface area (Å²) in [6.07, 6.45) is 1.58. The Bertz CT molecular complexity index is 862. The van der Waals surface area contributed by atoms with Crippen LogP contribution in [0.3, 0.4) is 0 Å². The molecule has 1 N–H and O–H groups in total. The lowest BCUT2D eigenvalue weighted by atomic mass is 10.2. The van der Waals surface area contributed by atoms with E-state index in [-0.39, 0.29) is 6.03 Å². The molecule has 1 aliphatic rings. The van der Waals surface area contributed by atoms with Gasteiger partial charge in [-0.05, 0) is 12.1 Å². The van der Waals surface area contributed by atoms with Crippen molar-refractivity contribution >= 4 is 28.3 Å². The van der Waals surface area contributed by atoms with Crippen molar-refractivity contribution in [2.45, 2.75) is 0 Å². The second kappa shape index (κ2) is 7.49. The van der Waals surface area contributed by atoms with E-state index in [4.69, 9.17) is 4.98 Å². The smallest absolute Gasteiger partial charge is 0.323 e. The van der Waals surface area contributed by atoms with Crippen molar-refractivity contribution in [2.75, 3.05) is 36.4 Å². The molecule has 0 atom stereocenters. The highest BCUT2D eigenvalue weighted by Crippen LogP contribution is 2.28. The van der Waals surface area contributed by atoms with E-state index in [0.29, 0.717) is 18.9 Å². The third-order valence-corrected chi connectivity index (χ3v) is 5.11. The van der Waals surface area contributed by atoms with E-state index in [1.807, 2.05) is 18.2 Å². The third-order valence-electron chi connectivity index (χ3n) is 4.21. The van der Waals surface area contributed by atoms with Crippen LogP contribution >= 0.6 is 11.3 Å². The normalized spacial score (nSPS) is 14.3. The monoisotopic (exact) mass is 366 g/mol. The van der Waals surface area contributed by atoms with Gasteiger partial charge in [-0.1, -0.05) is 30.3 Å². The van der Waals surface area contributed by atoms with Gasteiger partial charge in [0, 0.05) is 43.3 Å². The number of hydrogen-bond acceptors (Lipinski definition) is 6. The van der Waals surface area contributed by atoms with Gasteiger partial charge in [0.15, 0.2) is 10.9 Å². The number of amides is 2. The van der Waals surface area contributed by atoms with E-state index in [2.05, 4.69) is 37.9 Å². The van der Waals surface area contributed by atoms with E-state index in [9.17, 15) is 4.79 Å². The molecule has 1 saturated heterocycles. The average Bonchev–Trinajstić information content (AvgIpc) is 3.20. The maximum atomic E-state index is 12.3. The van der Waals surface area contributed by atoms with Crippen molar-refractivity contribution in [3.8, 4) is 11.3 Å². The number of hydrogen-bond donors (Lipinski definition) is 1. The molecule has 1 aliphatic heterocycles. The molecule has 8 heteroatoms. The Kier molecular flexibility index (Phi) is 4.74. The molecular formula is C18H18N6OS. The highest BCUT2D eigenvalue weighted by Gasteiger charge is 2.23. The molecule has 2 amide bonds. The first-order valence-electron chi connectivity index (χ1n) is 8.39. The van der Waals surface area contributed by atoms with Crippen molar-refractivity contribution in [1.82, 2.24) is 20.1 Å². The van der Waals surface area contributed by atoms with E-state index in [1.54, 1.807) is 34.6 Å². The zero-order chi connectivity index (χ0) is 17.8. The number of rotatable bonds is 3. The number of urea groups is 1. The van der Waals surface area contributed by atoms with Gasteiger partial charge in [0.1, 0.15) is 0 Å². The summed E-state index contributed by atoms with van der Waals surface area (Å²) in [6.45, 7) is 2.81. The summed E-state index contributed by atoms with van der Waals surface area (Å²) in [6, 6.07) is 13.5. The Morgan fingerprint density at radius 3 is 2.58 bits per heavy atom. The number of carbonyl (C=O) groups excluding carboxylic acids is 1. The molecule has 0 spiro atoms. The van der Waals surface area contributed by atoms with Gasteiger partial charge >= 0.3 is 6.03 Å². The maximum absolute atomic E-state index is 12.3. The molecule has 3 heterocycles. The van der Waals surface area contributed by atoms with Crippen LogP contribution in [0.5, 0.6) is 0 Å². The number of carbonyl (C=O) groups is 1. The minimum atomic E-state index is -0.144. The number of nitrogens with zero attached hydrogens (tertiary/aromatic N) is 5. The first-order valence-corrected chi connectivity index (χ1v) is 9.27. The van der Waals surface area contributed by atoms with Crippen LogP contribution in [0.25, 0.3) is 11.3 Å². The van der Waals surface area contributed by atoms with Crippen LogP contribution in [0, 0.1) is 0 Å². The minimum absolute atomic E-state index is 0.144. The molecule has 2 aromatic heterocycles. The lowest BCUT2D eigenvalue weighted by Crippen LogP contribution is -2.50. The number of thiazole rings is 1. The number of piperazine rings is 1. The topological polar surface area (TPSA) is 74.2 Å². The highest BCUT2D eigenvalue weighted by atomic mass is 32.1. The Morgan fingerprint density at radius 2 is 1.85 bits per heavy atom. The van der Waals surface area contributed by atoms with Crippen LogP contribution in [0.1, 0.15) is 0 Å². The van der Waals surface area contributed by atoms with Crippen LogP contribution in [0.4, 0.5) is 15.7 Å². The molecule has 0 aliphatic carbocycles. The number of anilines is 2. The van der Waals surface area contributed by atoms with Crippen LogP contribution in [0.15, 0.2) is 54.0 Å². The number of aromatic nitrogens is 3. The quantitative estimate of drug-likeness (QED) is 0.771. The third kappa shape index (κ3) is 3.65. The average molecular weight is 366 g/mol. The Hall–Kier alpha value is -3.00. The Labute approximate surface area is 155 Å².